The van der Waals surface area contributed by atoms with E-state index in [9.17, 15) is 4.79 Å². The second-order valence-corrected chi connectivity index (χ2v) is 2.24. The monoisotopic (exact) mass is 138 g/mol. The summed E-state index contributed by atoms with van der Waals surface area (Å²) in [6.45, 7) is 3.71. The van der Waals surface area contributed by atoms with E-state index in [-0.39, 0.29) is 5.91 Å². The molecule has 0 aliphatic carbocycles. The number of nitrogens with zero attached hydrogens (tertiary/aromatic N) is 2. The molecule has 10 heavy (non-hydrogen) atoms. The lowest BCUT2D eigenvalue weighted by molar-refractivity contribution is -0.124. The van der Waals surface area contributed by atoms with Crippen molar-refractivity contribution in [2.45, 2.75) is 0 Å². The van der Waals surface area contributed by atoms with Gasteiger partial charge in [0.1, 0.15) is 5.82 Å². The number of hydrogen-bond acceptors (Lipinski definition) is 2. The minimum Gasteiger partial charge on any atom is -0.338 e. The Balaban J connectivity index is 2.89. The van der Waals surface area contributed by atoms with Gasteiger partial charge in [0.25, 0.3) is 5.91 Å². The Labute approximate surface area is 60.2 Å². The summed E-state index contributed by atoms with van der Waals surface area (Å²) >= 11 is 0. The average molecular weight is 138 g/mol. The Bertz CT molecular complexity index is 208. The summed E-state index contributed by atoms with van der Waals surface area (Å²) in [5.74, 6) is 0.676. The zero-order valence-corrected chi connectivity index (χ0v) is 6.16. The van der Waals surface area contributed by atoms with Gasteiger partial charge in [-0.3, -0.25) is 9.69 Å². The maximum atomic E-state index is 10.9. The Hall–Kier alpha value is -1.25. The van der Waals surface area contributed by atoms with Crippen LogP contribution in [0.15, 0.2) is 24.7 Å². The van der Waals surface area contributed by atoms with Crippen molar-refractivity contribution in [1.29, 1.82) is 0 Å². The molecule has 0 N–H and O–H groups in total. The summed E-state index contributed by atoms with van der Waals surface area (Å²) in [5, 5.41) is 0. The Morgan fingerprint density at radius 2 is 2.10 bits per heavy atom. The van der Waals surface area contributed by atoms with E-state index in [0.717, 1.165) is 0 Å². The molecule has 54 valence electrons. The van der Waals surface area contributed by atoms with E-state index < -0.39 is 0 Å². The molecule has 1 aliphatic rings. The maximum Gasteiger partial charge on any atom is 0.253 e. The molecule has 0 aromatic heterocycles. The lowest BCUT2D eigenvalue weighted by Gasteiger charge is -2.28. The SMILES string of the molecule is C=C1N(C)C=CC(=O)N1C. The number of hydrogen-bond donors (Lipinski definition) is 0. The third kappa shape index (κ3) is 0.900. The van der Waals surface area contributed by atoms with Crippen LogP contribution in [-0.4, -0.2) is 29.8 Å². The molecule has 3 heteroatoms. The topological polar surface area (TPSA) is 23.6 Å². The first-order chi connectivity index (χ1) is 4.63. The van der Waals surface area contributed by atoms with E-state index in [2.05, 4.69) is 6.58 Å². The van der Waals surface area contributed by atoms with Gasteiger partial charge in [0.2, 0.25) is 0 Å². The van der Waals surface area contributed by atoms with Crippen molar-refractivity contribution in [3.05, 3.63) is 24.7 Å². The standard InChI is InChI=1S/C7H10N2O/c1-6-8(2)5-4-7(10)9(6)3/h4-5H,1H2,2-3H3. The molecule has 1 heterocycles. The predicted octanol–water partition coefficient (Wildman–Crippen LogP) is 0.375. The zero-order chi connectivity index (χ0) is 7.72. The van der Waals surface area contributed by atoms with E-state index in [1.807, 2.05) is 7.05 Å². The van der Waals surface area contributed by atoms with Crippen molar-refractivity contribution in [2.24, 2.45) is 0 Å². The van der Waals surface area contributed by atoms with Gasteiger partial charge in [-0.15, -0.1) is 0 Å². The maximum absolute atomic E-state index is 10.9. The van der Waals surface area contributed by atoms with E-state index in [4.69, 9.17) is 0 Å². The molecule has 1 rings (SSSR count). The van der Waals surface area contributed by atoms with Crippen LogP contribution in [0.3, 0.4) is 0 Å². The van der Waals surface area contributed by atoms with Crippen LogP contribution in [0.4, 0.5) is 0 Å². The summed E-state index contributed by atoms with van der Waals surface area (Å²) in [6.07, 6.45) is 3.21. The largest absolute Gasteiger partial charge is 0.338 e. The van der Waals surface area contributed by atoms with Crippen LogP contribution >= 0.6 is 0 Å². The summed E-state index contributed by atoms with van der Waals surface area (Å²) in [4.78, 5) is 14.2. The van der Waals surface area contributed by atoms with Crippen molar-refractivity contribution in [2.75, 3.05) is 14.1 Å². The van der Waals surface area contributed by atoms with Gasteiger partial charge in [0, 0.05) is 26.4 Å². The second-order valence-electron chi connectivity index (χ2n) is 2.24. The Morgan fingerprint density at radius 1 is 1.50 bits per heavy atom. The number of carbonyl (C=O) groups excluding carboxylic acids is 1. The van der Waals surface area contributed by atoms with E-state index in [1.54, 1.807) is 18.1 Å². The Morgan fingerprint density at radius 3 is 2.60 bits per heavy atom. The highest BCUT2D eigenvalue weighted by atomic mass is 16.2. The smallest absolute Gasteiger partial charge is 0.253 e. The molecule has 1 aliphatic heterocycles. The highest BCUT2D eigenvalue weighted by Gasteiger charge is 2.15. The molecule has 1 amide bonds. The number of carbonyl (C=O) groups is 1. The van der Waals surface area contributed by atoms with Gasteiger partial charge in [0.05, 0.1) is 0 Å². The van der Waals surface area contributed by atoms with Crippen LogP contribution < -0.4 is 0 Å². The van der Waals surface area contributed by atoms with Gasteiger partial charge in [-0.05, 0) is 0 Å². The van der Waals surface area contributed by atoms with Crippen LogP contribution in [0.25, 0.3) is 0 Å². The third-order valence-electron chi connectivity index (χ3n) is 1.57. The lowest BCUT2D eigenvalue weighted by Crippen LogP contribution is -2.34. The number of amides is 1. The summed E-state index contributed by atoms with van der Waals surface area (Å²) in [5.41, 5.74) is 0. The Kier molecular flexibility index (Phi) is 1.49. The molecule has 0 unspecified atom stereocenters. The van der Waals surface area contributed by atoms with Crippen LogP contribution in [0.2, 0.25) is 0 Å². The first-order valence-electron chi connectivity index (χ1n) is 3.00. The number of likely N-dealkylation sites (N-methyl/N-ethyl adjacent to an activating group) is 1. The minimum absolute atomic E-state index is 0.0249. The van der Waals surface area contributed by atoms with Gasteiger partial charge in [-0.1, -0.05) is 6.58 Å². The highest BCUT2D eigenvalue weighted by molar-refractivity contribution is 5.89. The summed E-state index contributed by atoms with van der Waals surface area (Å²) in [6, 6.07) is 0. The van der Waals surface area contributed by atoms with E-state index >= 15 is 0 Å². The molecule has 0 atom stereocenters. The van der Waals surface area contributed by atoms with Crippen molar-refractivity contribution in [3.8, 4) is 0 Å². The normalized spacial score (nSPS) is 18.6. The van der Waals surface area contributed by atoms with Crippen molar-refractivity contribution >= 4 is 5.91 Å². The van der Waals surface area contributed by atoms with Crippen molar-refractivity contribution in [3.63, 3.8) is 0 Å². The highest BCUT2D eigenvalue weighted by Crippen LogP contribution is 2.09. The third-order valence-corrected chi connectivity index (χ3v) is 1.57. The molecule has 0 saturated carbocycles. The molecule has 0 bridgehead atoms. The van der Waals surface area contributed by atoms with Gasteiger partial charge < -0.3 is 4.90 Å². The molecule has 3 nitrogen and oxygen atoms in total. The van der Waals surface area contributed by atoms with Gasteiger partial charge in [0.15, 0.2) is 0 Å². The predicted molar refractivity (Wildman–Crippen MR) is 38.8 cm³/mol. The fraction of sp³-hybridized carbons (Fsp3) is 0.286. The lowest BCUT2D eigenvalue weighted by atomic mass is 10.4. The zero-order valence-electron chi connectivity index (χ0n) is 6.16. The van der Waals surface area contributed by atoms with E-state index in [0.29, 0.717) is 5.82 Å². The fourth-order valence-corrected chi connectivity index (χ4v) is 0.737. The van der Waals surface area contributed by atoms with Crippen LogP contribution in [0.5, 0.6) is 0 Å². The molecule has 0 radical (unpaired) electrons. The van der Waals surface area contributed by atoms with Crippen molar-refractivity contribution < 1.29 is 4.79 Å². The average Bonchev–Trinajstić information content (AvgIpc) is 1.93. The molecule has 0 spiro atoms. The van der Waals surface area contributed by atoms with Gasteiger partial charge in [-0.25, -0.2) is 0 Å². The minimum atomic E-state index is -0.0249. The molecule has 0 saturated heterocycles. The molecule has 0 aromatic rings. The molecular formula is C7H10N2O. The van der Waals surface area contributed by atoms with Crippen LogP contribution in [-0.2, 0) is 4.79 Å². The van der Waals surface area contributed by atoms with Gasteiger partial charge in [-0.2, -0.15) is 0 Å². The first-order valence-corrected chi connectivity index (χ1v) is 3.00. The quantitative estimate of drug-likeness (QED) is 0.483. The number of rotatable bonds is 0. The molecule has 0 aromatic carbocycles. The van der Waals surface area contributed by atoms with Crippen LogP contribution in [0, 0.1) is 0 Å². The van der Waals surface area contributed by atoms with Gasteiger partial charge >= 0.3 is 0 Å². The first kappa shape index (κ1) is 6.86. The fourth-order valence-electron chi connectivity index (χ4n) is 0.737. The second kappa shape index (κ2) is 2.17. The van der Waals surface area contributed by atoms with E-state index in [1.165, 1.54) is 11.0 Å². The summed E-state index contributed by atoms with van der Waals surface area (Å²) in [7, 11) is 3.55. The molecular weight excluding hydrogens is 128 g/mol. The summed E-state index contributed by atoms with van der Waals surface area (Å²) < 4.78 is 0. The van der Waals surface area contributed by atoms with Crippen molar-refractivity contribution in [1.82, 2.24) is 9.80 Å². The van der Waals surface area contributed by atoms with Crippen LogP contribution in [0.1, 0.15) is 0 Å². The molecule has 0 fully saturated rings.